The van der Waals surface area contributed by atoms with E-state index >= 15 is 0 Å². The summed E-state index contributed by atoms with van der Waals surface area (Å²) in [5, 5.41) is 1.97. The topological polar surface area (TPSA) is 75.7 Å². The van der Waals surface area contributed by atoms with E-state index in [1.165, 1.54) is 37.5 Å². The molecular weight excluding hydrogens is 531 g/mol. The van der Waals surface area contributed by atoms with E-state index in [1.807, 2.05) is 0 Å². The van der Waals surface area contributed by atoms with Crippen molar-refractivity contribution in [3.05, 3.63) is 61.6 Å². The molecular formula is C19H13Br2FN2O4S. The van der Waals surface area contributed by atoms with E-state index in [0.29, 0.717) is 21.5 Å². The van der Waals surface area contributed by atoms with Gasteiger partial charge in [0.1, 0.15) is 18.1 Å². The highest BCUT2D eigenvalue weighted by molar-refractivity contribution is 9.11. The van der Waals surface area contributed by atoms with Crippen molar-refractivity contribution in [2.75, 3.05) is 19.0 Å². The summed E-state index contributed by atoms with van der Waals surface area (Å²) in [7, 11) is 1.50. The van der Waals surface area contributed by atoms with E-state index in [0.717, 1.165) is 21.1 Å². The Labute approximate surface area is 186 Å². The van der Waals surface area contributed by atoms with Crippen LogP contribution in [0.3, 0.4) is 0 Å². The van der Waals surface area contributed by atoms with Gasteiger partial charge in [-0.1, -0.05) is 15.9 Å². The molecule has 29 heavy (non-hydrogen) atoms. The van der Waals surface area contributed by atoms with Gasteiger partial charge in [0.25, 0.3) is 11.1 Å². The lowest BCUT2D eigenvalue weighted by Gasteiger charge is -2.12. The van der Waals surface area contributed by atoms with Gasteiger partial charge in [-0.25, -0.2) is 4.39 Å². The zero-order valence-corrected chi connectivity index (χ0v) is 18.9. The van der Waals surface area contributed by atoms with Crippen molar-refractivity contribution >= 4 is 72.4 Å². The lowest BCUT2D eigenvalue weighted by Crippen LogP contribution is -2.36. The minimum atomic E-state index is -0.576. The molecule has 0 bridgehead atoms. The molecule has 1 heterocycles. The number of hydrogen-bond donors (Lipinski definition) is 1. The molecule has 1 N–H and O–H groups in total. The minimum Gasteiger partial charge on any atom is -0.495 e. The third-order valence-electron chi connectivity index (χ3n) is 3.83. The van der Waals surface area contributed by atoms with Crippen LogP contribution in [0.15, 0.2) is 50.2 Å². The number of anilines is 1. The molecule has 1 saturated heterocycles. The second-order valence-electron chi connectivity index (χ2n) is 5.83. The summed E-state index contributed by atoms with van der Waals surface area (Å²) in [6, 6.07) is 8.71. The van der Waals surface area contributed by atoms with Gasteiger partial charge >= 0.3 is 0 Å². The van der Waals surface area contributed by atoms with Crippen LogP contribution >= 0.6 is 43.6 Å². The number of amides is 3. The Balaban J connectivity index is 1.77. The summed E-state index contributed by atoms with van der Waals surface area (Å²) in [5.74, 6) is -1.07. The van der Waals surface area contributed by atoms with Gasteiger partial charge in [0.05, 0.1) is 16.5 Å². The Morgan fingerprint density at radius 3 is 2.59 bits per heavy atom. The van der Waals surface area contributed by atoms with Crippen molar-refractivity contribution in [3.63, 3.8) is 0 Å². The first kappa shape index (κ1) is 21.5. The molecule has 0 aromatic heterocycles. The van der Waals surface area contributed by atoms with Crippen LogP contribution < -0.4 is 10.1 Å². The summed E-state index contributed by atoms with van der Waals surface area (Å²) in [6.07, 6.45) is 1.54. The number of imide groups is 1. The van der Waals surface area contributed by atoms with Gasteiger partial charge in [-0.2, -0.15) is 0 Å². The molecule has 0 aliphatic carbocycles. The number of benzene rings is 2. The first-order valence-electron chi connectivity index (χ1n) is 8.12. The first-order chi connectivity index (χ1) is 13.8. The molecule has 3 amide bonds. The van der Waals surface area contributed by atoms with Crippen LogP contribution in [-0.2, 0) is 9.59 Å². The van der Waals surface area contributed by atoms with Crippen molar-refractivity contribution in [1.82, 2.24) is 4.90 Å². The molecule has 150 valence electrons. The number of nitrogens with one attached hydrogen (secondary N) is 1. The molecule has 1 fully saturated rings. The molecule has 2 aromatic rings. The average Bonchev–Trinajstić information content (AvgIpc) is 2.91. The van der Waals surface area contributed by atoms with E-state index < -0.39 is 29.4 Å². The van der Waals surface area contributed by atoms with E-state index in [2.05, 4.69) is 37.2 Å². The molecule has 0 atom stereocenters. The van der Waals surface area contributed by atoms with Crippen LogP contribution in [0.25, 0.3) is 6.08 Å². The van der Waals surface area contributed by atoms with Crippen molar-refractivity contribution < 1.29 is 23.5 Å². The molecule has 3 rings (SSSR count). The summed E-state index contributed by atoms with van der Waals surface area (Å²) < 4.78 is 19.7. The molecule has 2 aromatic carbocycles. The van der Waals surface area contributed by atoms with Crippen LogP contribution in [0.4, 0.5) is 14.9 Å². The Morgan fingerprint density at radius 1 is 1.24 bits per heavy atom. The number of carbonyl (C=O) groups excluding carboxylic acids is 3. The summed E-state index contributed by atoms with van der Waals surface area (Å²) in [4.78, 5) is 38.1. The zero-order chi connectivity index (χ0) is 21.1. The molecule has 1 aliphatic heterocycles. The highest BCUT2D eigenvalue weighted by Gasteiger charge is 2.36. The van der Waals surface area contributed by atoms with Crippen LogP contribution in [0.5, 0.6) is 5.75 Å². The number of halogens is 3. The highest BCUT2D eigenvalue weighted by atomic mass is 79.9. The number of methoxy groups -OCH3 is 1. The number of nitrogens with zero attached hydrogens (tertiary/aromatic N) is 1. The summed E-state index contributed by atoms with van der Waals surface area (Å²) >= 11 is 7.50. The standard InChI is InChI=1S/C19H13Br2FN2O4S/c1-28-17-10(6-11(20)8-14(17)21)7-15-18(26)24(19(27)29-15)9-16(25)23-13-4-2-12(22)3-5-13/h2-8H,9H2,1H3,(H,23,25)/b15-7-. The van der Waals surface area contributed by atoms with Gasteiger partial charge in [-0.05, 0) is 70.2 Å². The molecule has 6 nitrogen and oxygen atoms in total. The van der Waals surface area contributed by atoms with E-state index in [9.17, 15) is 18.8 Å². The predicted molar refractivity (Wildman–Crippen MR) is 116 cm³/mol. The number of rotatable bonds is 5. The molecule has 0 radical (unpaired) electrons. The van der Waals surface area contributed by atoms with Gasteiger partial charge in [0.2, 0.25) is 5.91 Å². The average molecular weight is 544 g/mol. The Hall–Kier alpha value is -2.17. The largest absolute Gasteiger partial charge is 0.495 e. The fraction of sp³-hybridized carbons (Fsp3) is 0.105. The molecule has 0 spiro atoms. The second-order valence-corrected chi connectivity index (χ2v) is 8.60. The van der Waals surface area contributed by atoms with E-state index in [1.54, 1.807) is 12.1 Å². The normalized spacial score (nSPS) is 15.2. The lowest BCUT2D eigenvalue weighted by atomic mass is 10.2. The Bertz CT molecular complexity index is 1030. The minimum absolute atomic E-state index is 0.174. The zero-order valence-electron chi connectivity index (χ0n) is 14.9. The van der Waals surface area contributed by atoms with Crippen molar-refractivity contribution in [3.8, 4) is 5.75 Å². The fourth-order valence-corrected chi connectivity index (χ4v) is 4.81. The number of carbonyl (C=O) groups is 3. The maximum absolute atomic E-state index is 12.9. The van der Waals surface area contributed by atoms with Gasteiger partial charge < -0.3 is 10.1 Å². The lowest BCUT2D eigenvalue weighted by molar-refractivity contribution is -0.127. The van der Waals surface area contributed by atoms with Crippen molar-refractivity contribution in [2.24, 2.45) is 0 Å². The Morgan fingerprint density at radius 2 is 1.93 bits per heavy atom. The van der Waals surface area contributed by atoms with Crippen LogP contribution in [0, 0.1) is 5.82 Å². The quantitative estimate of drug-likeness (QED) is 0.535. The van der Waals surface area contributed by atoms with E-state index in [-0.39, 0.29) is 4.91 Å². The molecule has 0 unspecified atom stereocenters. The van der Waals surface area contributed by atoms with Gasteiger partial charge in [-0.3, -0.25) is 19.3 Å². The van der Waals surface area contributed by atoms with E-state index in [4.69, 9.17) is 4.74 Å². The second kappa shape index (κ2) is 9.10. The highest BCUT2D eigenvalue weighted by Crippen LogP contribution is 2.38. The molecule has 10 heteroatoms. The van der Waals surface area contributed by atoms with Crippen LogP contribution in [0.1, 0.15) is 5.56 Å². The first-order valence-corrected chi connectivity index (χ1v) is 10.5. The third kappa shape index (κ3) is 5.06. The fourth-order valence-electron chi connectivity index (χ4n) is 2.56. The molecule has 0 saturated carbocycles. The Kier molecular flexibility index (Phi) is 6.76. The maximum atomic E-state index is 12.9. The number of hydrogen-bond acceptors (Lipinski definition) is 5. The predicted octanol–water partition coefficient (Wildman–Crippen LogP) is 5.03. The van der Waals surface area contributed by atoms with Crippen LogP contribution in [0.2, 0.25) is 0 Å². The van der Waals surface area contributed by atoms with Gasteiger partial charge in [0, 0.05) is 15.7 Å². The SMILES string of the molecule is COc1c(Br)cc(Br)cc1/C=C1\SC(=O)N(CC(=O)Nc2ccc(F)cc2)C1=O. The van der Waals surface area contributed by atoms with Crippen LogP contribution in [-0.4, -0.2) is 35.6 Å². The third-order valence-corrected chi connectivity index (χ3v) is 5.79. The van der Waals surface area contributed by atoms with Crippen molar-refractivity contribution in [2.45, 2.75) is 0 Å². The van der Waals surface area contributed by atoms with Crippen molar-refractivity contribution in [1.29, 1.82) is 0 Å². The summed E-state index contributed by atoms with van der Waals surface area (Å²) in [5.41, 5.74) is 0.956. The summed E-state index contributed by atoms with van der Waals surface area (Å²) in [6.45, 7) is -0.446. The number of ether oxygens (including phenoxy) is 1. The molecule has 1 aliphatic rings. The smallest absolute Gasteiger partial charge is 0.294 e. The van der Waals surface area contributed by atoms with Gasteiger partial charge in [0.15, 0.2) is 0 Å². The number of thioether (sulfide) groups is 1. The maximum Gasteiger partial charge on any atom is 0.294 e. The van der Waals surface area contributed by atoms with Gasteiger partial charge in [-0.15, -0.1) is 0 Å². The monoisotopic (exact) mass is 542 g/mol.